The van der Waals surface area contributed by atoms with Gasteiger partial charge in [0.2, 0.25) is 0 Å². The molecule has 0 heterocycles. The minimum Gasteiger partial charge on any atom is -0.481 e. The van der Waals surface area contributed by atoms with Gasteiger partial charge in [0, 0.05) is 4.47 Å². The highest BCUT2D eigenvalue weighted by Gasteiger charge is 2.25. The summed E-state index contributed by atoms with van der Waals surface area (Å²) in [5.74, 6) is -0.982. The van der Waals surface area contributed by atoms with Gasteiger partial charge in [-0.3, -0.25) is 4.79 Å². The normalized spacial score (nSPS) is 18.3. The monoisotopic (exact) mass is 290 g/mol. The van der Waals surface area contributed by atoms with Gasteiger partial charge in [0.25, 0.3) is 0 Å². The van der Waals surface area contributed by atoms with Gasteiger partial charge in [-0.05, 0) is 40.8 Å². The third-order valence-corrected chi connectivity index (χ3v) is 4.13. The van der Waals surface area contributed by atoms with E-state index < -0.39 is 5.97 Å². The number of carboxylic acids is 1. The minimum atomic E-state index is -0.699. The van der Waals surface area contributed by atoms with Gasteiger partial charge in [-0.25, -0.2) is 0 Å². The van der Waals surface area contributed by atoms with E-state index in [1.807, 2.05) is 24.3 Å². The molecule has 0 fully saturated rings. The van der Waals surface area contributed by atoms with Crippen LogP contribution in [0.2, 0.25) is 0 Å². The lowest BCUT2D eigenvalue weighted by Gasteiger charge is -2.22. The quantitative estimate of drug-likeness (QED) is 0.874. The van der Waals surface area contributed by atoms with E-state index in [-0.39, 0.29) is 5.92 Å². The number of benzene rings is 2. The molecule has 1 N–H and O–H groups in total. The standard InChI is InChI=1S/C14H11BrO2/c15-12-5-4-9-7-10(14(16)17)6-8-2-1-3-11(12)13(8)9/h1-5,10H,6-7H2,(H,16,17). The van der Waals surface area contributed by atoms with Crippen molar-refractivity contribution in [3.63, 3.8) is 0 Å². The Kier molecular flexibility index (Phi) is 2.44. The molecule has 0 amide bonds. The van der Waals surface area contributed by atoms with E-state index in [4.69, 9.17) is 5.11 Å². The number of rotatable bonds is 1. The van der Waals surface area contributed by atoms with Crippen molar-refractivity contribution in [3.8, 4) is 0 Å². The second kappa shape index (κ2) is 3.84. The van der Waals surface area contributed by atoms with Crippen LogP contribution in [0.15, 0.2) is 34.8 Å². The smallest absolute Gasteiger partial charge is 0.307 e. The van der Waals surface area contributed by atoms with Crippen molar-refractivity contribution in [1.29, 1.82) is 0 Å². The van der Waals surface area contributed by atoms with Gasteiger partial charge < -0.3 is 5.11 Å². The van der Waals surface area contributed by atoms with Crippen LogP contribution >= 0.6 is 15.9 Å². The lowest BCUT2D eigenvalue weighted by molar-refractivity contribution is -0.141. The van der Waals surface area contributed by atoms with Crippen molar-refractivity contribution in [1.82, 2.24) is 0 Å². The van der Waals surface area contributed by atoms with Gasteiger partial charge in [-0.15, -0.1) is 0 Å². The highest BCUT2D eigenvalue weighted by molar-refractivity contribution is 9.10. The van der Waals surface area contributed by atoms with E-state index in [1.54, 1.807) is 0 Å². The average molecular weight is 291 g/mol. The zero-order chi connectivity index (χ0) is 12.0. The Morgan fingerprint density at radius 3 is 2.59 bits per heavy atom. The fourth-order valence-electron chi connectivity index (χ4n) is 2.64. The van der Waals surface area contributed by atoms with Crippen molar-refractivity contribution in [2.75, 3.05) is 0 Å². The fraction of sp³-hybridized carbons (Fsp3) is 0.214. The molecule has 0 saturated carbocycles. The van der Waals surface area contributed by atoms with Gasteiger partial charge >= 0.3 is 5.97 Å². The number of halogens is 1. The van der Waals surface area contributed by atoms with Gasteiger partial charge in [-0.2, -0.15) is 0 Å². The highest BCUT2D eigenvalue weighted by atomic mass is 79.9. The molecular formula is C14H11BrO2. The Morgan fingerprint density at radius 2 is 1.88 bits per heavy atom. The van der Waals surface area contributed by atoms with E-state index in [0.29, 0.717) is 12.8 Å². The summed E-state index contributed by atoms with van der Waals surface area (Å²) in [6.07, 6.45) is 1.27. The van der Waals surface area contributed by atoms with Crippen LogP contribution in [0.5, 0.6) is 0 Å². The first-order chi connectivity index (χ1) is 8.16. The molecule has 2 nitrogen and oxygen atoms in total. The third-order valence-electron chi connectivity index (χ3n) is 3.44. The molecule has 1 aliphatic carbocycles. The molecule has 1 aliphatic rings. The van der Waals surface area contributed by atoms with Gasteiger partial charge in [0.05, 0.1) is 5.92 Å². The zero-order valence-electron chi connectivity index (χ0n) is 9.11. The molecule has 0 aromatic heterocycles. The Bertz CT molecular complexity index is 607. The molecular weight excluding hydrogens is 280 g/mol. The van der Waals surface area contributed by atoms with Crippen molar-refractivity contribution < 1.29 is 9.90 Å². The topological polar surface area (TPSA) is 37.3 Å². The summed E-state index contributed by atoms with van der Waals surface area (Å²) in [6.45, 7) is 0. The van der Waals surface area contributed by atoms with Crippen LogP contribution in [-0.2, 0) is 17.6 Å². The summed E-state index contributed by atoms with van der Waals surface area (Å²) < 4.78 is 1.08. The molecule has 3 heteroatoms. The summed E-state index contributed by atoms with van der Waals surface area (Å²) in [6, 6.07) is 10.1. The number of hydrogen-bond donors (Lipinski definition) is 1. The molecule has 0 radical (unpaired) electrons. The summed E-state index contributed by atoms with van der Waals surface area (Å²) >= 11 is 3.55. The molecule has 2 aromatic carbocycles. The van der Waals surface area contributed by atoms with E-state index in [2.05, 4.69) is 22.0 Å². The predicted octanol–water partition coefficient (Wildman–Crippen LogP) is 3.40. The highest BCUT2D eigenvalue weighted by Crippen LogP contribution is 2.35. The Hall–Kier alpha value is -1.35. The Labute approximate surface area is 107 Å². The largest absolute Gasteiger partial charge is 0.481 e. The first kappa shape index (κ1) is 10.8. The number of aliphatic carboxylic acids is 1. The van der Waals surface area contributed by atoms with Crippen LogP contribution in [0.25, 0.3) is 10.8 Å². The lowest BCUT2D eigenvalue weighted by Crippen LogP contribution is -2.22. The van der Waals surface area contributed by atoms with Gasteiger partial charge in [-0.1, -0.05) is 40.2 Å². The van der Waals surface area contributed by atoms with Crippen molar-refractivity contribution in [3.05, 3.63) is 45.9 Å². The first-order valence-electron chi connectivity index (χ1n) is 5.58. The fourth-order valence-corrected chi connectivity index (χ4v) is 3.11. The molecule has 0 spiro atoms. The van der Waals surface area contributed by atoms with E-state index in [9.17, 15) is 4.79 Å². The number of carbonyl (C=O) groups is 1. The summed E-state index contributed by atoms with van der Waals surface area (Å²) in [5.41, 5.74) is 2.30. The van der Waals surface area contributed by atoms with Crippen LogP contribution < -0.4 is 0 Å². The van der Waals surface area contributed by atoms with Crippen molar-refractivity contribution in [2.24, 2.45) is 5.92 Å². The number of carboxylic acid groups (broad SMARTS) is 1. The lowest BCUT2D eigenvalue weighted by atomic mass is 9.82. The molecule has 0 saturated heterocycles. The molecule has 17 heavy (non-hydrogen) atoms. The second-order valence-electron chi connectivity index (χ2n) is 4.49. The summed E-state index contributed by atoms with van der Waals surface area (Å²) in [4.78, 5) is 11.1. The zero-order valence-corrected chi connectivity index (χ0v) is 10.7. The Balaban J connectivity index is 2.27. The van der Waals surface area contributed by atoms with E-state index >= 15 is 0 Å². The maximum absolute atomic E-state index is 11.1. The SMILES string of the molecule is O=C(O)C1Cc2cccc3c(Br)ccc(c23)C1. The first-order valence-corrected chi connectivity index (χ1v) is 6.38. The minimum absolute atomic E-state index is 0.283. The Morgan fingerprint density at radius 1 is 1.18 bits per heavy atom. The van der Waals surface area contributed by atoms with Crippen LogP contribution in [0.1, 0.15) is 11.1 Å². The van der Waals surface area contributed by atoms with Gasteiger partial charge in [0.1, 0.15) is 0 Å². The van der Waals surface area contributed by atoms with Crippen LogP contribution in [0.4, 0.5) is 0 Å². The van der Waals surface area contributed by atoms with Gasteiger partial charge in [0.15, 0.2) is 0 Å². The molecule has 2 aromatic rings. The average Bonchev–Trinajstić information content (AvgIpc) is 2.33. The maximum Gasteiger partial charge on any atom is 0.307 e. The molecule has 0 aliphatic heterocycles. The summed E-state index contributed by atoms with van der Waals surface area (Å²) in [7, 11) is 0. The van der Waals surface area contributed by atoms with E-state index in [1.165, 1.54) is 10.8 Å². The van der Waals surface area contributed by atoms with E-state index in [0.717, 1.165) is 15.6 Å². The number of hydrogen-bond acceptors (Lipinski definition) is 1. The molecule has 1 unspecified atom stereocenters. The van der Waals surface area contributed by atoms with Crippen molar-refractivity contribution in [2.45, 2.75) is 12.8 Å². The molecule has 3 rings (SSSR count). The van der Waals surface area contributed by atoms with Crippen molar-refractivity contribution >= 4 is 32.7 Å². The second-order valence-corrected chi connectivity index (χ2v) is 5.34. The maximum atomic E-state index is 11.1. The van der Waals surface area contributed by atoms with Crippen LogP contribution in [0.3, 0.4) is 0 Å². The predicted molar refractivity (Wildman–Crippen MR) is 70.2 cm³/mol. The third kappa shape index (κ3) is 1.65. The van der Waals surface area contributed by atoms with Crippen LogP contribution in [0, 0.1) is 5.92 Å². The molecule has 86 valence electrons. The molecule has 0 bridgehead atoms. The van der Waals surface area contributed by atoms with Crippen LogP contribution in [-0.4, -0.2) is 11.1 Å². The molecule has 1 atom stereocenters. The summed E-state index contributed by atoms with van der Waals surface area (Å²) in [5, 5.41) is 11.6.